The van der Waals surface area contributed by atoms with Crippen LogP contribution in [0.1, 0.15) is 31.4 Å². The standard InChI is InChI=1S/C20H31N5O2/c1-15-20(22-7-6-21-15)23-10-18-13-25(19(26)14-27-18)12-17-4-8-24(9-5-17)11-16-2-3-16/h6-7,16-18H,2-5,8-14H2,1H3,(H,22,23)/t18-/m1/s1. The van der Waals surface area contributed by atoms with E-state index in [0.717, 1.165) is 24.0 Å². The molecule has 27 heavy (non-hydrogen) atoms. The van der Waals surface area contributed by atoms with Gasteiger partial charge in [-0.3, -0.25) is 9.78 Å². The first-order valence-electron chi connectivity index (χ1n) is 10.3. The van der Waals surface area contributed by atoms with Gasteiger partial charge < -0.3 is 19.9 Å². The summed E-state index contributed by atoms with van der Waals surface area (Å²) in [6, 6.07) is 0. The van der Waals surface area contributed by atoms with E-state index in [2.05, 4.69) is 20.2 Å². The molecular formula is C20H31N5O2. The summed E-state index contributed by atoms with van der Waals surface area (Å²) in [6.45, 7) is 7.97. The second-order valence-electron chi connectivity index (χ2n) is 8.29. The topological polar surface area (TPSA) is 70.6 Å². The summed E-state index contributed by atoms with van der Waals surface area (Å²) < 4.78 is 5.73. The maximum atomic E-state index is 12.3. The van der Waals surface area contributed by atoms with Gasteiger partial charge in [0.05, 0.1) is 11.8 Å². The second-order valence-corrected chi connectivity index (χ2v) is 8.29. The third-order valence-corrected chi connectivity index (χ3v) is 6.00. The predicted molar refractivity (Wildman–Crippen MR) is 103 cm³/mol. The fourth-order valence-electron chi connectivity index (χ4n) is 4.10. The Balaban J connectivity index is 1.23. The second kappa shape index (κ2) is 8.52. The molecule has 0 aromatic carbocycles. The molecule has 2 saturated heterocycles. The van der Waals surface area contributed by atoms with Crippen LogP contribution in [0, 0.1) is 18.8 Å². The van der Waals surface area contributed by atoms with Crippen LogP contribution in [-0.2, 0) is 9.53 Å². The molecule has 4 rings (SSSR count). The zero-order chi connectivity index (χ0) is 18.6. The first-order valence-corrected chi connectivity index (χ1v) is 10.3. The van der Waals surface area contributed by atoms with Crippen molar-refractivity contribution in [3.05, 3.63) is 18.1 Å². The number of carbonyl (C=O) groups is 1. The molecule has 0 bridgehead atoms. The molecule has 3 heterocycles. The number of carbonyl (C=O) groups excluding carboxylic acids is 1. The van der Waals surface area contributed by atoms with Crippen molar-refractivity contribution in [3.8, 4) is 0 Å². The molecule has 2 aliphatic heterocycles. The number of aryl methyl sites for hydroxylation is 1. The minimum atomic E-state index is -0.000869. The summed E-state index contributed by atoms with van der Waals surface area (Å²) in [5.41, 5.74) is 0.874. The Hall–Kier alpha value is -1.73. The maximum absolute atomic E-state index is 12.3. The Kier molecular flexibility index (Phi) is 5.88. The average molecular weight is 374 g/mol. The van der Waals surface area contributed by atoms with Crippen LogP contribution in [0.5, 0.6) is 0 Å². The van der Waals surface area contributed by atoms with Crippen LogP contribution in [0.15, 0.2) is 12.4 Å². The van der Waals surface area contributed by atoms with Gasteiger partial charge >= 0.3 is 0 Å². The number of ether oxygens (including phenoxy) is 1. The number of nitrogens with zero attached hydrogens (tertiary/aromatic N) is 4. The minimum absolute atomic E-state index is 0.000869. The van der Waals surface area contributed by atoms with E-state index in [1.807, 2.05) is 11.8 Å². The van der Waals surface area contributed by atoms with E-state index >= 15 is 0 Å². The van der Waals surface area contributed by atoms with Crippen LogP contribution in [0.2, 0.25) is 0 Å². The minimum Gasteiger partial charge on any atom is -0.366 e. The van der Waals surface area contributed by atoms with Gasteiger partial charge in [0, 0.05) is 38.6 Å². The number of piperidine rings is 1. The number of hydrogen-bond donors (Lipinski definition) is 1. The number of morpholine rings is 1. The third-order valence-electron chi connectivity index (χ3n) is 6.00. The number of rotatable bonds is 7. The van der Waals surface area contributed by atoms with Gasteiger partial charge in [0.1, 0.15) is 12.4 Å². The van der Waals surface area contributed by atoms with Gasteiger partial charge in [-0.1, -0.05) is 0 Å². The first kappa shape index (κ1) is 18.6. The molecular weight excluding hydrogens is 342 g/mol. The van der Waals surface area contributed by atoms with Gasteiger partial charge in [-0.05, 0) is 57.5 Å². The van der Waals surface area contributed by atoms with E-state index in [4.69, 9.17) is 4.74 Å². The van der Waals surface area contributed by atoms with Crippen molar-refractivity contribution in [2.24, 2.45) is 11.8 Å². The normalized spacial score (nSPS) is 25.0. The van der Waals surface area contributed by atoms with Crippen LogP contribution in [0.25, 0.3) is 0 Å². The molecule has 7 heteroatoms. The van der Waals surface area contributed by atoms with E-state index in [1.165, 1.54) is 45.3 Å². The quantitative estimate of drug-likeness (QED) is 0.782. The van der Waals surface area contributed by atoms with Gasteiger partial charge in [0.2, 0.25) is 5.91 Å². The maximum Gasteiger partial charge on any atom is 0.248 e. The molecule has 3 fully saturated rings. The van der Waals surface area contributed by atoms with Crippen molar-refractivity contribution in [1.82, 2.24) is 19.8 Å². The van der Waals surface area contributed by atoms with E-state index in [1.54, 1.807) is 12.4 Å². The molecule has 3 aliphatic rings. The predicted octanol–water partition coefficient (Wildman–Crippen LogP) is 1.55. The SMILES string of the molecule is Cc1nccnc1NC[C@@H]1CN(CC2CCN(CC3CC3)CC2)C(=O)CO1. The number of aromatic nitrogens is 2. The zero-order valence-corrected chi connectivity index (χ0v) is 16.3. The number of hydrogen-bond acceptors (Lipinski definition) is 6. The molecule has 1 amide bonds. The van der Waals surface area contributed by atoms with E-state index in [0.29, 0.717) is 19.0 Å². The Morgan fingerprint density at radius 3 is 2.59 bits per heavy atom. The van der Waals surface area contributed by atoms with Crippen LogP contribution in [0.3, 0.4) is 0 Å². The van der Waals surface area contributed by atoms with Crippen molar-refractivity contribution in [3.63, 3.8) is 0 Å². The molecule has 148 valence electrons. The van der Waals surface area contributed by atoms with E-state index < -0.39 is 0 Å². The van der Waals surface area contributed by atoms with Gasteiger partial charge in [-0.2, -0.15) is 0 Å². The average Bonchev–Trinajstić information content (AvgIpc) is 3.49. The Bertz CT molecular complexity index is 643. The number of nitrogens with one attached hydrogen (secondary N) is 1. The molecule has 1 aliphatic carbocycles. The lowest BCUT2D eigenvalue weighted by Gasteiger charge is -2.38. The van der Waals surface area contributed by atoms with Crippen molar-refractivity contribution in [1.29, 1.82) is 0 Å². The summed E-state index contributed by atoms with van der Waals surface area (Å²) in [5, 5.41) is 3.31. The summed E-state index contributed by atoms with van der Waals surface area (Å²) >= 11 is 0. The number of amides is 1. The highest BCUT2D eigenvalue weighted by atomic mass is 16.5. The molecule has 7 nitrogen and oxygen atoms in total. The van der Waals surface area contributed by atoms with E-state index in [9.17, 15) is 4.79 Å². The molecule has 0 radical (unpaired) electrons. The third kappa shape index (κ3) is 5.17. The number of anilines is 1. The largest absolute Gasteiger partial charge is 0.366 e. The first-order chi connectivity index (χ1) is 13.2. The highest BCUT2D eigenvalue weighted by Gasteiger charge is 2.31. The summed E-state index contributed by atoms with van der Waals surface area (Å²) in [5.74, 6) is 2.50. The molecule has 1 atom stereocenters. The van der Waals surface area contributed by atoms with Crippen LogP contribution < -0.4 is 5.32 Å². The summed E-state index contributed by atoms with van der Waals surface area (Å²) in [6.07, 6.45) is 8.63. The monoisotopic (exact) mass is 373 g/mol. The number of likely N-dealkylation sites (tertiary alicyclic amines) is 1. The van der Waals surface area contributed by atoms with Crippen molar-refractivity contribution in [2.75, 3.05) is 51.2 Å². The van der Waals surface area contributed by atoms with Crippen LogP contribution in [0.4, 0.5) is 5.82 Å². The van der Waals surface area contributed by atoms with Crippen molar-refractivity contribution >= 4 is 11.7 Å². The van der Waals surface area contributed by atoms with E-state index in [-0.39, 0.29) is 18.6 Å². The highest BCUT2D eigenvalue weighted by molar-refractivity contribution is 5.78. The van der Waals surface area contributed by atoms with Crippen LogP contribution >= 0.6 is 0 Å². The summed E-state index contributed by atoms with van der Waals surface area (Å²) in [7, 11) is 0. The molecule has 1 N–H and O–H groups in total. The lowest BCUT2D eigenvalue weighted by atomic mass is 9.95. The van der Waals surface area contributed by atoms with Crippen molar-refractivity contribution in [2.45, 2.75) is 38.7 Å². The van der Waals surface area contributed by atoms with Gasteiger partial charge in [-0.25, -0.2) is 4.98 Å². The zero-order valence-electron chi connectivity index (χ0n) is 16.3. The molecule has 0 spiro atoms. The fraction of sp³-hybridized carbons (Fsp3) is 0.750. The van der Waals surface area contributed by atoms with Gasteiger partial charge in [0.25, 0.3) is 0 Å². The van der Waals surface area contributed by atoms with Crippen LogP contribution in [-0.4, -0.2) is 77.7 Å². The Labute approximate surface area is 161 Å². The smallest absolute Gasteiger partial charge is 0.248 e. The lowest BCUT2D eigenvalue weighted by molar-refractivity contribution is -0.149. The van der Waals surface area contributed by atoms with Gasteiger partial charge in [-0.15, -0.1) is 0 Å². The molecule has 1 aromatic rings. The Morgan fingerprint density at radius 2 is 1.85 bits per heavy atom. The molecule has 1 aromatic heterocycles. The molecule has 1 saturated carbocycles. The fourth-order valence-corrected chi connectivity index (χ4v) is 4.10. The lowest BCUT2D eigenvalue weighted by Crippen LogP contribution is -2.51. The highest BCUT2D eigenvalue weighted by Crippen LogP contribution is 2.31. The summed E-state index contributed by atoms with van der Waals surface area (Å²) in [4.78, 5) is 25.5. The Morgan fingerprint density at radius 1 is 1.11 bits per heavy atom. The van der Waals surface area contributed by atoms with Gasteiger partial charge in [0.15, 0.2) is 0 Å². The van der Waals surface area contributed by atoms with Crippen molar-refractivity contribution < 1.29 is 9.53 Å². The molecule has 0 unspecified atom stereocenters.